The van der Waals surface area contributed by atoms with Crippen molar-refractivity contribution < 1.29 is 0 Å². The lowest BCUT2D eigenvalue weighted by molar-refractivity contribution is 0.740. The van der Waals surface area contributed by atoms with Crippen LogP contribution in [0.5, 0.6) is 0 Å². The Balaban J connectivity index is 1.55. The molecular weight excluding hydrogens is 344 g/mol. The standard InChI is InChI=1S/C19H20N6S/c20-11-13-5-7-14(8-6-13)15-3-1-4-16(23-15)17-12-26-19(24-17)25-18-21-9-2-10-22-18/h1,3-8,12H,2,9-11,20H2,(H2,21,22,24,25). The highest BCUT2D eigenvalue weighted by atomic mass is 32.1. The van der Waals surface area contributed by atoms with Gasteiger partial charge in [0.05, 0.1) is 11.4 Å². The zero-order valence-electron chi connectivity index (χ0n) is 14.3. The maximum atomic E-state index is 5.67. The first-order chi connectivity index (χ1) is 12.8. The van der Waals surface area contributed by atoms with Gasteiger partial charge in [-0.3, -0.25) is 4.99 Å². The van der Waals surface area contributed by atoms with Crippen LogP contribution in [-0.2, 0) is 6.54 Å². The molecule has 0 fully saturated rings. The molecule has 0 unspecified atom stereocenters. The summed E-state index contributed by atoms with van der Waals surface area (Å²) in [6.45, 7) is 2.33. The van der Waals surface area contributed by atoms with Crippen LogP contribution >= 0.6 is 11.3 Å². The third kappa shape index (κ3) is 3.74. The summed E-state index contributed by atoms with van der Waals surface area (Å²) in [6.07, 6.45) is 1.07. The number of pyridine rings is 1. The summed E-state index contributed by atoms with van der Waals surface area (Å²) in [5, 5.41) is 9.30. The van der Waals surface area contributed by atoms with E-state index in [1.807, 2.05) is 35.7 Å². The first-order valence-corrected chi connectivity index (χ1v) is 9.47. The van der Waals surface area contributed by atoms with Crippen LogP contribution in [0.2, 0.25) is 0 Å². The van der Waals surface area contributed by atoms with Gasteiger partial charge in [-0.15, -0.1) is 11.3 Å². The van der Waals surface area contributed by atoms with Crippen LogP contribution < -0.4 is 16.4 Å². The molecule has 132 valence electrons. The van der Waals surface area contributed by atoms with E-state index in [1.165, 1.54) is 0 Å². The molecule has 0 bridgehead atoms. The van der Waals surface area contributed by atoms with Crippen LogP contribution in [0.4, 0.5) is 5.13 Å². The number of hydrogen-bond donors (Lipinski definition) is 3. The van der Waals surface area contributed by atoms with Crippen molar-refractivity contribution in [2.75, 3.05) is 18.4 Å². The Morgan fingerprint density at radius 3 is 2.65 bits per heavy atom. The first kappa shape index (κ1) is 16.7. The second kappa shape index (κ2) is 7.63. The van der Waals surface area contributed by atoms with Crippen LogP contribution in [0.1, 0.15) is 12.0 Å². The van der Waals surface area contributed by atoms with Crippen molar-refractivity contribution in [3.05, 3.63) is 53.4 Å². The van der Waals surface area contributed by atoms with Crippen molar-refractivity contribution in [3.8, 4) is 22.6 Å². The molecule has 26 heavy (non-hydrogen) atoms. The van der Waals surface area contributed by atoms with Crippen molar-refractivity contribution >= 4 is 22.4 Å². The number of guanidine groups is 1. The Morgan fingerprint density at radius 1 is 1.04 bits per heavy atom. The number of thiazole rings is 1. The summed E-state index contributed by atoms with van der Waals surface area (Å²) >= 11 is 1.55. The summed E-state index contributed by atoms with van der Waals surface area (Å²) in [5.41, 5.74) is 10.5. The Morgan fingerprint density at radius 2 is 1.88 bits per heavy atom. The topological polar surface area (TPSA) is 88.2 Å². The first-order valence-electron chi connectivity index (χ1n) is 8.59. The van der Waals surface area contributed by atoms with E-state index in [0.717, 1.165) is 58.8 Å². The van der Waals surface area contributed by atoms with Gasteiger partial charge in [0.1, 0.15) is 5.69 Å². The maximum absolute atomic E-state index is 5.67. The number of nitrogens with two attached hydrogens (primary N) is 1. The smallest absolute Gasteiger partial charge is 0.197 e. The molecule has 3 heterocycles. The summed E-state index contributed by atoms with van der Waals surface area (Å²) in [5.74, 6) is 0.791. The zero-order valence-corrected chi connectivity index (χ0v) is 15.1. The van der Waals surface area contributed by atoms with E-state index < -0.39 is 0 Å². The molecule has 1 aromatic carbocycles. The van der Waals surface area contributed by atoms with E-state index in [1.54, 1.807) is 11.3 Å². The van der Waals surface area contributed by atoms with Gasteiger partial charge in [-0.05, 0) is 24.1 Å². The quantitative estimate of drug-likeness (QED) is 0.662. The van der Waals surface area contributed by atoms with Crippen LogP contribution in [0.3, 0.4) is 0 Å². The van der Waals surface area contributed by atoms with E-state index in [-0.39, 0.29) is 0 Å². The number of benzene rings is 1. The molecule has 4 rings (SSSR count). The molecular formula is C19H20N6S. The fourth-order valence-electron chi connectivity index (χ4n) is 2.72. The van der Waals surface area contributed by atoms with Crippen molar-refractivity contribution in [1.82, 2.24) is 15.3 Å². The van der Waals surface area contributed by atoms with Gasteiger partial charge < -0.3 is 16.4 Å². The third-order valence-corrected chi connectivity index (χ3v) is 4.88. The Labute approximate surface area is 156 Å². The number of rotatable bonds is 4. The van der Waals surface area contributed by atoms with Gasteiger partial charge in [0.2, 0.25) is 0 Å². The van der Waals surface area contributed by atoms with Gasteiger partial charge in [0, 0.05) is 30.6 Å². The molecule has 2 aromatic heterocycles. The molecule has 0 saturated heterocycles. The fourth-order valence-corrected chi connectivity index (χ4v) is 3.42. The van der Waals surface area contributed by atoms with Gasteiger partial charge >= 0.3 is 0 Å². The molecule has 6 nitrogen and oxygen atoms in total. The lowest BCUT2D eigenvalue weighted by atomic mass is 10.1. The number of nitrogens with zero attached hydrogens (tertiary/aromatic N) is 3. The molecule has 1 aliphatic rings. The van der Waals surface area contributed by atoms with Gasteiger partial charge in [-0.2, -0.15) is 0 Å². The predicted molar refractivity (Wildman–Crippen MR) is 107 cm³/mol. The molecule has 4 N–H and O–H groups in total. The minimum Gasteiger partial charge on any atom is -0.356 e. The Kier molecular flexibility index (Phi) is 4.90. The monoisotopic (exact) mass is 364 g/mol. The van der Waals surface area contributed by atoms with Gasteiger partial charge in [0.25, 0.3) is 0 Å². The molecule has 0 saturated carbocycles. The average Bonchev–Trinajstić information content (AvgIpc) is 3.17. The summed E-state index contributed by atoms with van der Waals surface area (Å²) in [6, 6.07) is 14.2. The number of aromatic nitrogens is 2. The SMILES string of the molecule is NCc1ccc(-c2cccc(-c3csc(NC4=NCCCN4)n3)n2)cc1. The second-order valence-electron chi connectivity index (χ2n) is 5.98. The van der Waals surface area contributed by atoms with E-state index in [9.17, 15) is 0 Å². The van der Waals surface area contributed by atoms with Crippen LogP contribution in [0.25, 0.3) is 22.6 Å². The zero-order chi connectivity index (χ0) is 17.8. The number of nitrogens with one attached hydrogen (secondary N) is 2. The van der Waals surface area contributed by atoms with E-state index in [2.05, 4.69) is 32.7 Å². The van der Waals surface area contributed by atoms with Gasteiger partial charge in [-0.1, -0.05) is 30.3 Å². The Bertz CT molecular complexity index is 916. The molecule has 0 spiro atoms. The van der Waals surface area contributed by atoms with Crippen molar-refractivity contribution in [2.24, 2.45) is 10.7 Å². The van der Waals surface area contributed by atoms with Crippen LogP contribution in [0.15, 0.2) is 52.8 Å². The summed E-state index contributed by atoms with van der Waals surface area (Å²) in [4.78, 5) is 13.8. The van der Waals surface area contributed by atoms with Gasteiger partial charge in [0.15, 0.2) is 11.1 Å². The maximum Gasteiger partial charge on any atom is 0.197 e. The molecule has 0 atom stereocenters. The number of anilines is 1. The highest BCUT2D eigenvalue weighted by Gasteiger charge is 2.10. The Hall–Kier alpha value is -2.77. The predicted octanol–water partition coefficient (Wildman–Crippen LogP) is 3.09. The number of hydrogen-bond acceptors (Lipinski definition) is 7. The molecule has 7 heteroatoms. The van der Waals surface area contributed by atoms with E-state index >= 15 is 0 Å². The number of aliphatic imine (C=N–C) groups is 1. The summed E-state index contributed by atoms with van der Waals surface area (Å²) < 4.78 is 0. The van der Waals surface area contributed by atoms with Gasteiger partial charge in [-0.25, -0.2) is 9.97 Å². The van der Waals surface area contributed by atoms with Crippen molar-refractivity contribution in [1.29, 1.82) is 0 Å². The highest BCUT2D eigenvalue weighted by Crippen LogP contribution is 2.26. The third-order valence-electron chi connectivity index (χ3n) is 4.12. The lowest BCUT2D eigenvalue weighted by Crippen LogP contribution is -2.35. The molecule has 3 aromatic rings. The van der Waals surface area contributed by atoms with Crippen LogP contribution in [0, 0.1) is 0 Å². The summed E-state index contributed by atoms with van der Waals surface area (Å²) in [7, 11) is 0. The van der Waals surface area contributed by atoms with Crippen LogP contribution in [-0.4, -0.2) is 29.0 Å². The fraction of sp³-hybridized carbons (Fsp3) is 0.211. The highest BCUT2D eigenvalue weighted by molar-refractivity contribution is 7.14. The van der Waals surface area contributed by atoms with E-state index in [4.69, 9.17) is 10.7 Å². The van der Waals surface area contributed by atoms with E-state index in [0.29, 0.717) is 6.54 Å². The lowest BCUT2D eigenvalue weighted by Gasteiger charge is -2.14. The largest absolute Gasteiger partial charge is 0.356 e. The normalized spacial score (nSPS) is 13.8. The van der Waals surface area contributed by atoms with Crippen molar-refractivity contribution in [3.63, 3.8) is 0 Å². The minimum atomic E-state index is 0.544. The average molecular weight is 364 g/mol. The molecule has 0 radical (unpaired) electrons. The molecule has 0 amide bonds. The minimum absolute atomic E-state index is 0.544. The second-order valence-corrected chi connectivity index (χ2v) is 6.84. The van der Waals surface area contributed by atoms with Crippen molar-refractivity contribution in [2.45, 2.75) is 13.0 Å². The molecule has 1 aliphatic heterocycles. The molecule has 0 aliphatic carbocycles.